The smallest absolute Gasteiger partial charge is 0.197 e. The Morgan fingerprint density at radius 1 is 0.848 bits per heavy atom. The van der Waals surface area contributed by atoms with E-state index in [1.165, 1.54) is 6.20 Å². The molecule has 0 amide bonds. The number of fused-ring (bicyclic) bond motifs is 5. The molecular weight excluding hydrogens is 413 g/mol. The molecule has 0 atom stereocenters. The van der Waals surface area contributed by atoms with Gasteiger partial charge in [0.05, 0.1) is 22.9 Å². The van der Waals surface area contributed by atoms with Crippen molar-refractivity contribution in [3.05, 3.63) is 78.5 Å². The number of halogens is 1. The highest BCUT2D eigenvalue weighted by Crippen LogP contribution is 2.34. The average Bonchev–Trinajstić information content (AvgIpc) is 3.45. The molecule has 33 heavy (non-hydrogen) atoms. The summed E-state index contributed by atoms with van der Waals surface area (Å²) in [5.74, 6) is 1.28. The number of rotatable bonds is 3. The summed E-state index contributed by atoms with van der Waals surface area (Å²) in [6.45, 7) is 4.27. The Balaban J connectivity index is 1.45. The SMILES string of the molecule is CC(C)c1nc2c(ccc3c4ccc(-c5ccc(-c6cnc(N)[nH]6)c(F)c5)cc4ccc32)[nH]1. The Hall–Kier alpha value is -4.19. The molecule has 2 aromatic heterocycles. The molecular formula is C27H22FN5. The Bertz CT molecular complexity index is 1680. The molecule has 0 spiro atoms. The van der Waals surface area contributed by atoms with Crippen LogP contribution in [0.25, 0.3) is 55.0 Å². The third-order valence-electron chi connectivity index (χ3n) is 6.22. The molecule has 0 saturated carbocycles. The van der Waals surface area contributed by atoms with Crippen LogP contribution in [0.15, 0.2) is 66.9 Å². The number of anilines is 1. The quantitative estimate of drug-likeness (QED) is 0.268. The van der Waals surface area contributed by atoms with Crippen LogP contribution in [0.2, 0.25) is 0 Å². The number of hydrogen-bond acceptors (Lipinski definition) is 3. The number of imidazole rings is 2. The second-order valence-electron chi connectivity index (χ2n) is 8.71. The monoisotopic (exact) mass is 435 g/mol. The lowest BCUT2D eigenvalue weighted by Gasteiger charge is -2.09. The first-order valence-corrected chi connectivity index (χ1v) is 10.9. The van der Waals surface area contributed by atoms with Gasteiger partial charge in [0, 0.05) is 16.9 Å². The first-order valence-electron chi connectivity index (χ1n) is 10.9. The van der Waals surface area contributed by atoms with Crippen LogP contribution in [-0.4, -0.2) is 19.9 Å². The standard InChI is InChI=1S/C27H22FN5/c1-14(2)26-31-23-10-9-19-18-6-3-15(11-17(18)5-7-20(19)25(23)33-26)16-4-8-21(22(28)12-16)24-13-30-27(29)32-24/h3-14H,1-2H3,(H,31,33)(H3,29,30,32). The predicted octanol–water partition coefficient (Wildman–Crippen LogP) is 6.77. The summed E-state index contributed by atoms with van der Waals surface area (Å²) in [5, 5.41) is 4.54. The molecule has 0 bridgehead atoms. The lowest BCUT2D eigenvalue weighted by molar-refractivity contribution is 0.631. The van der Waals surface area contributed by atoms with Gasteiger partial charge in [0.1, 0.15) is 11.6 Å². The van der Waals surface area contributed by atoms with Gasteiger partial charge in [-0.15, -0.1) is 0 Å². The molecule has 6 rings (SSSR count). The predicted molar refractivity (Wildman–Crippen MR) is 133 cm³/mol. The van der Waals surface area contributed by atoms with Gasteiger partial charge in [0.25, 0.3) is 0 Å². The first-order chi connectivity index (χ1) is 16.0. The number of benzene rings is 4. The minimum Gasteiger partial charge on any atom is -0.369 e. The maximum Gasteiger partial charge on any atom is 0.197 e. The Morgan fingerprint density at radius 3 is 2.36 bits per heavy atom. The number of hydrogen-bond donors (Lipinski definition) is 3. The van der Waals surface area contributed by atoms with Crippen LogP contribution in [0.5, 0.6) is 0 Å². The van der Waals surface area contributed by atoms with Crippen molar-refractivity contribution in [2.75, 3.05) is 5.73 Å². The lowest BCUT2D eigenvalue weighted by Crippen LogP contribution is -1.89. The van der Waals surface area contributed by atoms with Crippen molar-refractivity contribution in [3.8, 4) is 22.4 Å². The average molecular weight is 436 g/mol. The fraction of sp³-hybridized carbons (Fsp3) is 0.111. The lowest BCUT2D eigenvalue weighted by atomic mass is 9.96. The van der Waals surface area contributed by atoms with Gasteiger partial charge in [-0.3, -0.25) is 0 Å². The van der Waals surface area contributed by atoms with Gasteiger partial charge < -0.3 is 15.7 Å². The van der Waals surface area contributed by atoms with E-state index in [0.29, 0.717) is 17.2 Å². The van der Waals surface area contributed by atoms with Gasteiger partial charge in [0.2, 0.25) is 0 Å². The van der Waals surface area contributed by atoms with Crippen LogP contribution in [0, 0.1) is 5.82 Å². The Morgan fingerprint density at radius 2 is 1.61 bits per heavy atom. The van der Waals surface area contributed by atoms with Crippen molar-refractivity contribution >= 4 is 38.5 Å². The summed E-state index contributed by atoms with van der Waals surface area (Å²) in [7, 11) is 0. The fourth-order valence-electron chi connectivity index (χ4n) is 4.48. The number of nitrogens with zero attached hydrogens (tertiary/aromatic N) is 2. The van der Waals surface area contributed by atoms with Crippen molar-refractivity contribution in [1.29, 1.82) is 0 Å². The second-order valence-corrected chi connectivity index (χ2v) is 8.71. The van der Waals surface area contributed by atoms with Gasteiger partial charge in [-0.1, -0.05) is 50.2 Å². The molecule has 4 aromatic carbocycles. The van der Waals surface area contributed by atoms with Gasteiger partial charge >= 0.3 is 0 Å². The van der Waals surface area contributed by atoms with Crippen LogP contribution in [-0.2, 0) is 0 Å². The topological polar surface area (TPSA) is 83.4 Å². The largest absolute Gasteiger partial charge is 0.369 e. The Kier molecular flexibility index (Phi) is 4.23. The molecule has 5 nitrogen and oxygen atoms in total. The van der Waals surface area contributed by atoms with E-state index in [-0.39, 0.29) is 11.8 Å². The Labute approximate surface area is 189 Å². The van der Waals surface area contributed by atoms with Crippen LogP contribution in [0.4, 0.5) is 10.3 Å². The zero-order chi connectivity index (χ0) is 22.7. The zero-order valence-corrected chi connectivity index (χ0v) is 18.3. The van der Waals surface area contributed by atoms with E-state index in [2.05, 4.69) is 65.2 Å². The number of nitrogens with one attached hydrogen (secondary N) is 2. The van der Waals surface area contributed by atoms with Crippen molar-refractivity contribution in [2.45, 2.75) is 19.8 Å². The van der Waals surface area contributed by atoms with Crippen molar-refractivity contribution < 1.29 is 4.39 Å². The first kappa shape index (κ1) is 19.5. The third-order valence-corrected chi connectivity index (χ3v) is 6.22. The maximum absolute atomic E-state index is 14.9. The highest BCUT2D eigenvalue weighted by molar-refractivity contribution is 6.16. The highest BCUT2D eigenvalue weighted by Gasteiger charge is 2.13. The summed E-state index contributed by atoms with van der Waals surface area (Å²) in [6, 6.07) is 20.0. The van der Waals surface area contributed by atoms with E-state index >= 15 is 0 Å². The zero-order valence-electron chi connectivity index (χ0n) is 18.3. The second kappa shape index (κ2) is 7.17. The van der Waals surface area contributed by atoms with Gasteiger partial charge in [-0.2, -0.15) is 0 Å². The molecule has 4 N–H and O–H groups in total. The molecule has 0 saturated heterocycles. The van der Waals surface area contributed by atoms with E-state index in [1.54, 1.807) is 12.1 Å². The third kappa shape index (κ3) is 3.14. The van der Waals surface area contributed by atoms with Crippen LogP contribution in [0.3, 0.4) is 0 Å². The van der Waals surface area contributed by atoms with Crippen LogP contribution < -0.4 is 5.73 Å². The molecule has 0 fully saturated rings. The number of H-pyrrole nitrogens is 2. The summed E-state index contributed by atoms with van der Waals surface area (Å²) in [4.78, 5) is 15.1. The molecule has 6 heteroatoms. The fourth-order valence-corrected chi connectivity index (χ4v) is 4.48. The number of nitrogen functional groups attached to an aromatic ring is 1. The molecule has 162 valence electrons. The van der Waals surface area contributed by atoms with E-state index in [4.69, 9.17) is 10.7 Å². The summed E-state index contributed by atoms with van der Waals surface area (Å²) in [5.41, 5.74) is 10.5. The maximum atomic E-state index is 14.9. The van der Waals surface area contributed by atoms with E-state index in [0.717, 1.165) is 49.5 Å². The van der Waals surface area contributed by atoms with Crippen LogP contribution >= 0.6 is 0 Å². The van der Waals surface area contributed by atoms with E-state index in [9.17, 15) is 4.39 Å². The minimum absolute atomic E-state index is 0.266. The summed E-state index contributed by atoms with van der Waals surface area (Å²) >= 11 is 0. The molecule has 0 unspecified atom stereocenters. The molecule has 2 heterocycles. The molecule has 6 aromatic rings. The molecule has 0 aliphatic rings. The molecule has 0 radical (unpaired) electrons. The highest BCUT2D eigenvalue weighted by atomic mass is 19.1. The summed E-state index contributed by atoms with van der Waals surface area (Å²) in [6.07, 6.45) is 1.54. The van der Waals surface area contributed by atoms with E-state index in [1.807, 2.05) is 12.1 Å². The van der Waals surface area contributed by atoms with E-state index < -0.39 is 0 Å². The summed E-state index contributed by atoms with van der Waals surface area (Å²) < 4.78 is 14.9. The molecule has 0 aliphatic carbocycles. The number of aromatic nitrogens is 4. The van der Waals surface area contributed by atoms with Gasteiger partial charge in [-0.25, -0.2) is 14.4 Å². The van der Waals surface area contributed by atoms with Crippen molar-refractivity contribution in [1.82, 2.24) is 19.9 Å². The van der Waals surface area contributed by atoms with Crippen molar-refractivity contribution in [2.24, 2.45) is 0 Å². The minimum atomic E-state index is -0.323. The number of nitrogens with two attached hydrogens (primary N) is 1. The van der Waals surface area contributed by atoms with Crippen LogP contribution in [0.1, 0.15) is 25.6 Å². The van der Waals surface area contributed by atoms with Gasteiger partial charge in [-0.05, 0) is 51.6 Å². The number of aromatic amines is 2. The molecule has 0 aliphatic heterocycles. The van der Waals surface area contributed by atoms with Crippen molar-refractivity contribution in [3.63, 3.8) is 0 Å². The van der Waals surface area contributed by atoms with Gasteiger partial charge in [0.15, 0.2) is 5.95 Å². The normalized spacial score (nSPS) is 11.9.